The van der Waals surface area contributed by atoms with Crippen LogP contribution >= 0.6 is 0 Å². The second-order valence-corrected chi connectivity index (χ2v) is 4.23. The molecule has 0 saturated heterocycles. The van der Waals surface area contributed by atoms with E-state index in [1.807, 2.05) is 13.0 Å². The van der Waals surface area contributed by atoms with Crippen LogP contribution in [-0.4, -0.2) is 18.4 Å². The second kappa shape index (κ2) is 7.09. The minimum atomic E-state index is -0.719. The molecule has 0 saturated carbocycles. The van der Waals surface area contributed by atoms with Crippen molar-refractivity contribution >= 4 is 23.2 Å². The van der Waals surface area contributed by atoms with Crippen molar-refractivity contribution in [1.29, 1.82) is 0 Å². The summed E-state index contributed by atoms with van der Waals surface area (Å²) in [5.74, 6) is -0.720. The molecule has 0 aliphatic rings. The highest BCUT2D eigenvalue weighted by atomic mass is 16.5. The molecule has 0 unspecified atom stereocenters. The van der Waals surface area contributed by atoms with Gasteiger partial charge < -0.3 is 15.4 Å². The molecule has 0 radical (unpaired) electrons. The van der Waals surface area contributed by atoms with E-state index in [1.54, 1.807) is 48.5 Å². The number of rotatable bonds is 4. The van der Waals surface area contributed by atoms with Crippen LogP contribution in [0.3, 0.4) is 0 Å². The summed E-state index contributed by atoms with van der Waals surface area (Å²) in [6.07, 6.45) is 0. The van der Waals surface area contributed by atoms with E-state index in [2.05, 4.69) is 10.6 Å². The molecule has 2 aromatic rings. The number of ether oxygens (including phenoxy) is 1. The van der Waals surface area contributed by atoms with E-state index in [9.17, 15) is 9.59 Å². The highest BCUT2D eigenvalue weighted by Gasteiger charge is 2.13. The van der Waals surface area contributed by atoms with Crippen molar-refractivity contribution in [2.75, 3.05) is 17.2 Å². The SMILES string of the molecule is CCOc1ccc(NC(=O)C(=O)Nc2ccccc2)cc1. The average molecular weight is 284 g/mol. The first-order valence-corrected chi connectivity index (χ1v) is 6.59. The van der Waals surface area contributed by atoms with Crippen LogP contribution in [-0.2, 0) is 9.59 Å². The Morgan fingerprint density at radius 3 is 1.90 bits per heavy atom. The van der Waals surface area contributed by atoms with E-state index in [1.165, 1.54) is 0 Å². The molecule has 0 aromatic heterocycles. The fraction of sp³-hybridized carbons (Fsp3) is 0.125. The van der Waals surface area contributed by atoms with Gasteiger partial charge in [0.1, 0.15) is 5.75 Å². The first-order chi connectivity index (χ1) is 10.2. The number of carbonyl (C=O) groups excluding carboxylic acids is 2. The van der Waals surface area contributed by atoms with Gasteiger partial charge >= 0.3 is 11.8 Å². The van der Waals surface area contributed by atoms with Crippen molar-refractivity contribution < 1.29 is 14.3 Å². The highest BCUT2D eigenvalue weighted by Crippen LogP contribution is 2.15. The van der Waals surface area contributed by atoms with Gasteiger partial charge in [-0.25, -0.2) is 0 Å². The van der Waals surface area contributed by atoms with Crippen LogP contribution in [0.25, 0.3) is 0 Å². The zero-order valence-electron chi connectivity index (χ0n) is 11.6. The lowest BCUT2D eigenvalue weighted by molar-refractivity contribution is -0.132. The van der Waals surface area contributed by atoms with Crippen molar-refractivity contribution in [3.63, 3.8) is 0 Å². The number of hydrogen-bond donors (Lipinski definition) is 2. The Kier molecular flexibility index (Phi) is 4.93. The van der Waals surface area contributed by atoms with Gasteiger partial charge in [0.05, 0.1) is 6.61 Å². The lowest BCUT2D eigenvalue weighted by Gasteiger charge is -2.07. The van der Waals surface area contributed by atoms with Crippen LogP contribution in [0.15, 0.2) is 54.6 Å². The Morgan fingerprint density at radius 1 is 0.857 bits per heavy atom. The molecule has 5 nitrogen and oxygen atoms in total. The number of hydrogen-bond acceptors (Lipinski definition) is 3. The molecule has 0 heterocycles. The molecular formula is C16H16N2O3. The number of nitrogens with one attached hydrogen (secondary N) is 2. The van der Waals surface area contributed by atoms with Crippen LogP contribution in [0.1, 0.15) is 6.92 Å². The van der Waals surface area contributed by atoms with Gasteiger partial charge in [0, 0.05) is 11.4 Å². The Balaban J connectivity index is 1.92. The van der Waals surface area contributed by atoms with Crippen molar-refractivity contribution in [3.05, 3.63) is 54.6 Å². The Bertz CT molecular complexity index is 609. The van der Waals surface area contributed by atoms with E-state index in [0.717, 1.165) is 0 Å². The molecule has 0 spiro atoms. The predicted octanol–water partition coefficient (Wildman–Crippen LogP) is 2.66. The molecule has 21 heavy (non-hydrogen) atoms. The monoisotopic (exact) mass is 284 g/mol. The highest BCUT2D eigenvalue weighted by molar-refractivity contribution is 6.43. The summed E-state index contributed by atoms with van der Waals surface area (Å²) in [4.78, 5) is 23.5. The molecule has 5 heteroatoms. The fourth-order valence-electron chi connectivity index (χ4n) is 1.70. The molecule has 0 fully saturated rings. The summed E-state index contributed by atoms with van der Waals surface area (Å²) >= 11 is 0. The van der Waals surface area contributed by atoms with Gasteiger partial charge in [0.15, 0.2) is 0 Å². The van der Waals surface area contributed by atoms with Crippen LogP contribution in [0.2, 0.25) is 0 Å². The molecule has 2 rings (SSSR count). The average Bonchev–Trinajstić information content (AvgIpc) is 2.50. The Labute approximate surface area is 122 Å². The first-order valence-electron chi connectivity index (χ1n) is 6.59. The Hall–Kier alpha value is -2.82. The molecule has 2 N–H and O–H groups in total. The van der Waals surface area contributed by atoms with Gasteiger partial charge in [-0.15, -0.1) is 0 Å². The van der Waals surface area contributed by atoms with Crippen LogP contribution in [0.5, 0.6) is 5.75 Å². The van der Waals surface area contributed by atoms with E-state index >= 15 is 0 Å². The summed E-state index contributed by atoms with van der Waals surface area (Å²) in [7, 11) is 0. The van der Waals surface area contributed by atoms with E-state index in [4.69, 9.17) is 4.74 Å². The molecule has 108 valence electrons. The number of para-hydroxylation sites is 1. The van der Waals surface area contributed by atoms with E-state index in [-0.39, 0.29) is 0 Å². The van der Waals surface area contributed by atoms with Crippen LogP contribution in [0.4, 0.5) is 11.4 Å². The maximum atomic E-state index is 11.8. The summed E-state index contributed by atoms with van der Waals surface area (Å²) in [5, 5.41) is 5.04. The van der Waals surface area contributed by atoms with Gasteiger partial charge in [-0.3, -0.25) is 9.59 Å². The van der Waals surface area contributed by atoms with Crippen molar-refractivity contribution in [2.45, 2.75) is 6.92 Å². The minimum Gasteiger partial charge on any atom is -0.494 e. The number of benzene rings is 2. The maximum Gasteiger partial charge on any atom is 0.314 e. The third-order valence-corrected chi connectivity index (χ3v) is 2.66. The van der Waals surface area contributed by atoms with Gasteiger partial charge in [-0.2, -0.15) is 0 Å². The molecular weight excluding hydrogens is 268 g/mol. The van der Waals surface area contributed by atoms with Crippen LogP contribution in [0, 0.1) is 0 Å². The van der Waals surface area contributed by atoms with Crippen LogP contribution < -0.4 is 15.4 Å². The summed E-state index contributed by atoms with van der Waals surface area (Å²) in [5.41, 5.74) is 1.11. The lowest BCUT2D eigenvalue weighted by Crippen LogP contribution is -2.28. The molecule has 0 atom stereocenters. The van der Waals surface area contributed by atoms with E-state index < -0.39 is 11.8 Å². The topological polar surface area (TPSA) is 67.4 Å². The molecule has 0 aliphatic carbocycles. The zero-order valence-corrected chi connectivity index (χ0v) is 11.6. The standard InChI is InChI=1S/C16H16N2O3/c1-2-21-14-10-8-13(9-11-14)18-16(20)15(19)17-12-6-4-3-5-7-12/h3-11H,2H2,1H3,(H,17,19)(H,18,20). The normalized spacial score (nSPS) is 9.76. The molecule has 0 bridgehead atoms. The summed E-state index contributed by atoms with van der Waals surface area (Å²) in [6.45, 7) is 2.47. The van der Waals surface area contributed by atoms with Crippen molar-refractivity contribution in [2.24, 2.45) is 0 Å². The van der Waals surface area contributed by atoms with Gasteiger partial charge in [0.2, 0.25) is 0 Å². The molecule has 2 aromatic carbocycles. The second-order valence-electron chi connectivity index (χ2n) is 4.23. The number of carbonyl (C=O) groups is 2. The lowest BCUT2D eigenvalue weighted by atomic mass is 10.3. The van der Waals surface area contributed by atoms with Gasteiger partial charge in [-0.05, 0) is 43.3 Å². The smallest absolute Gasteiger partial charge is 0.314 e. The predicted molar refractivity (Wildman–Crippen MR) is 81.3 cm³/mol. The van der Waals surface area contributed by atoms with E-state index in [0.29, 0.717) is 23.7 Å². The molecule has 0 aliphatic heterocycles. The maximum absolute atomic E-state index is 11.8. The molecule has 2 amide bonds. The third kappa shape index (κ3) is 4.35. The minimum absolute atomic E-state index is 0.534. The zero-order chi connectivity index (χ0) is 15.1. The van der Waals surface area contributed by atoms with Gasteiger partial charge in [-0.1, -0.05) is 18.2 Å². The quantitative estimate of drug-likeness (QED) is 0.848. The fourth-order valence-corrected chi connectivity index (χ4v) is 1.70. The van der Waals surface area contributed by atoms with Crippen molar-refractivity contribution in [3.8, 4) is 5.75 Å². The Morgan fingerprint density at radius 2 is 1.38 bits per heavy atom. The largest absolute Gasteiger partial charge is 0.494 e. The summed E-state index contributed by atoms with van der Waals surface area (Å²) in [6, 6.07) is 15.6. The van der Waals surface area contributed by atoms with Crippen molar-refractivity contribution in [1.82, 2.24) is 0 Å². The number of anilines is 2. The first kappa shape index (κ1) is 14.6. The number of amides is 2. The summed E-state index contributed by atoms with van der Waals surface area (Å²) < 4.78 is 5.30. The van der Waals surface area contributed by atoms with Gasteiger partial charge in [0.25, 0.3) is 0 Å². The third-order valence-electron chi connectivity index (χ3n) is 2.66.